The molecule has 1 aromatic carbocycles. The van der Waals surface area contributed by atoms with Gasteiger partial charge in [-0.2, -0.15) is 0 Å². The second-order valence-electron chi connectivity index (χ2n) is 8.09. The van der Waals surface area contributed by atoms with Gasteiger partial charge in [0, 0.05) is 19.3 Å². The number of nitrogens with one attached hydrogen (secondary N) is 1. The van der Waals surface area contributed by atoms with Gasteiger partial charge in [-0.1, -0.05) is 50.1 Å². The number of sulfone groups is 1. The summed E-state index contributed by atoms with van der Waals surface area (Å²) in [6.45, 7) is 3.52. The van der Waals surface area contributed by atoms with Gasteiger partial charge in [0.05, 0.1) is 5.75 Å². The first-order chi connectivity index (χ1) is 14.3. The molecule has 0 aliphatic carbocycles. The predicted octanol–water partition coefficient (Wildman–Crippen LogP) is 3.14. The highest BCUT2D eigenvalue weighted by Crippen LogP contribution is 2.22. The Bertz CT molecular complexity index is 782. The maximum Gasteiger partial charge on any atom is 0.408 e. The summed E-state index contributed by atoms with van der Waals surface area (Å²) in [6.07, 6.45) is 5.69. The molecular formula is C22H34N2O5S. The number of rotatable bonds is 9. The maximum atomic E-state index is 13.1. The average Bonchev–Trinajstić information content (AvgIpc) is 2.95. The molecule has 2 amide bonds. The zero-order valence-corrected chi connectivity index (χ0v) is 18.8. The van der Waals surface area contributed by atoms with Crippen molar-refractivity contribution in [2.24, 2.45) is 5.92 Å². The van der Waals surface area contributed by atoms with Gasteiger partial charge in [0.25, 0.3) is 0 Å². The molecule has 2 unspecified atom stereocenters. The lowest BCUT2D eigenvalue weighted by atomic mass is 9.96. The van der Waals surface area contributed by atoms with Gasteiger partial charge in [0.1, 0.15) is 22.5 Å². The van der Waals surface area contributed by atoms with E-state index in [1.165, 1.54) is 0 Å². The van der Waals surface area contributed by atoms with Crippen LogP contribution in [0, 0.1) is 5.92 Å². The largest absolute Gasteiger partial charge is 0.445 e. The molecule has 1 fully saturated rings. The van der Waals surface area contributed by atoms with Crippen LogP contribution in [-0.2, 0) is 26.0 Å². The molecule has 1 aliphatic rings. The highest BCUT2D eigenvalue weighted by molar-refractivity contribution is 7.90. The summed E-state index contributed by atoms with van der Waals surface area (Å²) in [5.74, 6) is 0.216. The van der Waals surface area contributed by atoms with Crippen molar-refractivity contribution in [1.82, 2.24) is 10.2 Å². The standard InChI is InChI=1S/C22H34N2O5S/c1-3-8-18-11-7-14-24(15-12-18)21(25)20(13-16-30(2,27)28)23-22(26)29-17-19-9-5-4-6-10-19/h4-6,9-10,18,20H,3,7-8,11-17H2,1-2H3,(H,23,26). The second-order valence-corrected chi connectivity index (χ2v) is 10.3. The van der Waals surface area contributed by atoms with Gasteiger partial charge in [0.15, 0.2) is 0 Å². The van der Waals surface area contributed by atoms with Crippen molar-refractivity contribution in [3.63, 3.8) is 0 Å². The minimum atomic E-state index is -3.26. The van der Waals surface area contributed by atoms with Crippen LogP contribution in [0.15, 0.2) is 30.3 Å². The van der Waals surface area contributed by atoms with Crippen molar-refractivity contribution < 1.29 is 22.7 Å². The summed E-state index contributed by atoms with van der Waals surface area (Å²) >= 11 is 0. The Hall–Kier alpha value is -2.09. The van der Waals surface area contributed by atoms with Crippen molar-refractivity contribution in [3.05, 3.63) is 35.9 Å². The molecule has 168 valence electrons. The van der Waals surface area contributed by atoms with E-state index in [1.807, 2.05) is 30.3 Å². The van der Waals surface area contributed by atoms with Gasteiger partial charge >= 0.3 is 6.09 Å². The quantitative estimate of drug-likeness (QED) is 0.639. The average molecular weight is 439 g/mol. The SMILES string of the molecule is CCCC1CCCN(C(=O)C(CCS(C)(=O)=O)NC(=O)OCc2ccccc2)CC1. The fraction of sp³-hybridized carbons (Fsp3) is 0.636. The minimum absolute atomic E-state index is 0.0347. The predicted molar refractivity (Wildman–Crippen MR) is 117 cm³/mol. The van der Waals surface area contributed by atoms with Crippen LogP contribution in [0.2, 0.25) is 0 Å². The molecule has 0 aromatic heterocycles. The van der Waals surface area contributed by atoms with Gasteiger partial charge in [0.2, 0.25) is 5.91 Å². The molecule has 1 heterocycles. The molecule has 2 rings (SSSR count). The monoisotopic (exact) mass is 438 g/mol. The van der Waals surface area contributed by atoms with Gasteiger partial charge in [-0.3, -0.25) is 4.79 Å². The Morgan fingerprint density at radius 1 is 1.20 bits per heavy atom. The van der Waals surface area contributed by atoms with E-state index in [1.54, 1.807) is 4.90 Å². The van der Waals surface area contributed by atoms with Crippen LogP contribution < -0.4 is 5.32 Å². The lowest BCUT2D eigenvalue weighted by molar-refractivity contribution is -0.133. The van der Waals surface area contributed by atoms with Crippen molar-refractivity contribution in [1.29, 1.82) is 0 Å². The van der Waals surface area contributed by atoms with E-state index in [2.05, 4.69) is 12.2 Å². The van der Waals surface area contributed by atoms with Gasteiger partial charge < -0.3 is 15.0 Å². The Labute approximate surface area is 180 Å². The van der Waals surface area contributed by atoms with Crippen LogP contribution >= 0.6 is 0 Å². The molecule has 1 N–H and O–H groups in total. The van der Waals surface area contributed by atoms with E-state index in [0.717, 1.165) is 43.9 Å². The lowest BCUT2D eigenvalue weighted by Gasteiger charge is -2.26. The summed E-state index contributed by atoms with van der Waals surface area (Å²) in [5, 5.41) is 2.60. The fourth-order valence-corrected chi connectivity index (χ4v) is 4.46. The summed E-state index contributed by atoms with van der Waals surface area (Å²) < 4.78 is 28.5. The van der Waals surface area contributed by atoms with Crippen LogP contribution in [0.1, 0.15) is 51.0 Å². The van der Waals surface area contributed by atoms with Crippen molar-refractivity contribution in [2.75, 3.05) is 25.1 Å². The third-order valence-electron chi connectivity index (χ3n) is 5.44. The third kappa shape index (κ3) is 8.73. The number of nitrogens with zero attached hydrogens (tertiary/aromatic N) is 1. The van der Waals surface area contributed by atoms with Crippen molar-refractivity contribution in [3.8, 4) is 0 Å². The molecule has 1 saturated heterocycles. The lowest BCUT2D eigenvalue weighted by Crippen LogP contribution is -2.49. The van der Waals surface area contributed by atoms with Crippen LogP contribution in [0.4, 0.5) is 4.79 Å². The van der Waals surface area contributed by atoms with Gasteiger partial charge in [-0.05, 0) is 37.2 Å². The number of carbonyl (C=O) groups excluding carboxylic acids is 2. The van der Waals surface area contributed by atoms with E-state index >= 15 is 0 Å². The number of ether oxygens (including phenoxy) is 1. The number of hydrogen-bond acceptors (Lipinski definition) is 5. The molecule has 7 nitrogen and oxygen atoms in total. The zero-order chi connectivity index (χ0) is 22.0. The molecule has 0 radical (unpaired) electrons. The Morgan fingerprint density at radius 2 is 1.93 bits per heavy atom. The molecule has 0 bridgehead atoms. The smallest absolute Gasteiger partial charge is 0.408 e. The number of likely N-dealkylation sites (tertiary alicyclic amines) is 1. The first-order valence-electron chi connectivity index (χ1n) is 10.7. The molecule has 2 atom stereocenters. The first kappa shape index (κ1) is 24.2. The molecular weight excluding hydrogens is 404 g/mol. The topological polar surface area (TPSA) is 92.8 Å². The fourth-order valence-electron chi connectivity index (χ4n) is 3.80. The molecule has 1 aliphatic heterocycles. The van der Waals surface area contributed by atoms with Crippen LogP contribution in [0.5, 0.6) is 0 Å². The summed E-state index contributed by atoms with van der Waals surface area (Å²) in [5.41, 5.74) is 0.834. The van der Waals surface area contributed by atoms with E-state index in [4.69, 9.17) is 4.74 Å². The summed E-state index contributed by atoms with van der Waals surface area (Å²) in [6, 6.07) is 8.33. The second kappa shape index (κ2) is 11.9. The Balaban J connectivity index is 1.98. The number of benzene rings is 1. The number of hydrogen-bond donors (Lipinski definition) is 1. The van der Waals surface area contributed by atoms with Gasteiger partial charge in [-0.15, -0.1) is 0 Å². The molecule has 30 heavy (non-hydrogen) atoms. The van der Waals surface area contributed by atoms with Crippen LogP contribution in [0.3, 0.4) is 0 Å². The first-order valence-corrected chi connectivity index (χ1v) is 12.8. The van der Waals surface area contributed by atoms with Crippen molar-refractivity contribution >= 4 is 21.8 Å². The van der Waals surface area contributed by atoms with E-state index in [-0.39, 0.29) is 24.7 Å². The molecule has 1 aromatic rings. The highest BCUT2D eigenvalue weighted by Gasteiger charge is 2.29. The van der Waals surface area contributed by atoms with E-state index in [9.17, 15) is 18.0 Å². The highest BCUT2D eigenvalue weighted by atomic mass is 32.2. The summed E-state index contributed by atoms with van der Waals surface area (Å²) in [4.78, 5) is 27.2. The van der Waals surface area contributed by atoms with Crippen LogP contribution in [-0.4, -0.2) is 56.5 Å². The maximum absolute atomic E-state index is 13.1. The van der Waals surface area contributed by atoms with E-state index in [0.29, 0.717) is 19.0 Å². The molecule has 0 saturated carbocycles. The minimum Gasteiger partial charge on any atom is -0.445 e. The zero-order valence-electron chi connectivity index (χ0n) is 18.0. The number of carbonyl (C=O) groups is 2. The normalized spacial score (nSPS) is 18.3. The summed E-state index contributed by atoms with van der Waals surface area (Å²) in [7, 11) is -3.26. The molecule has 8 heteroatoms. The van der Waals surface area contributed by atoms with E-state index < -0.39 is 22.0 Å². The third-order valence-corrected chi connectivity index (χ3v) is 6.41. The number of alkyl carbamates (subject to hydrolysis) is 1. The van der Waals surface area contributed by atoms with Crippen LogP contribution in [0.25, 0.3) is 0 Å². The molecule has 0 spiro atoms. The number of amides is 2. The Morgan fingerprint density at radius 3 is 2.60 bits per heavy atom. The Kier molecular flexibility index (Phi) is 9.62. The van der Waals surface area contributed by atoms with Crippen molar-refractivity contribution in [2.45, 2.75) is 58.1 Å². The van der Waals surface area contributed by atoms with Gasteiger partial charge in [-0.25, -0.2) is 13.2 Å².